The standard InChI is InChI=1S/C12H15ClN4/c1-16-7-5-9(6-8-16)12-14-11-4-2-3-10(13)17(11)15-12/h2-4,9H,5-8H2,1H3. The lowest BCUT2D eigenvalue weighted by Gasteiger charge is -2.26. The summed E-state index contributed by atoms with van der Waals surface area (Å²) in [6.45, 7) is 2.24. The summed E-state index contributed by atoms with van der Waals surface area (Å²) in [6.07, 6.45) is 2.26. The van der Waals surface area contributed by atoms with E-state index in [-0.39, 0.29) is 0 Å². The van der Waals surface area contributed by atoms with Crippen molar-refractivity contribution in [3.63, 3.8) is 0 Å². The fourth-order valence-electron chi connectivity index (χ4n) is 2.33. The highest BCUT2D eigenvalue weighted by Crippen LogP contribution is 2.25. The minimum atomic E-state index is 0.474. The Hall–Kier alpha value is -1.13. The van der Waals surface area contributed by atoms with Crippen molar-refractivity contribution in [2.75, 3.05) is 20.1 Å². The van der Waals surface area contributed by atoms with Gasteiger partial charge in [-0.25, -0.2) is 9.50 Å². The topological polar surface area (TPSA) is 33.4 Å². The average Bonchev–Trinajstić information content (AvgIpc) is 2.75. The van der Waals surface area contributed by atoms with E-state index in [1.165, 1.54) is 0 Å². The zero-order chi connectivity index (χ0) is 11.8. The van der Waals surface area contributed by atoms with Crippen molar-refractivity contribution in [1.29, 1.82) is 0 Å². The van der Waals surface area contributed by atoms with E-state index in [1.807, 2.05) is 18.2 Å². The molecule has 0 aromatic carbocycles. The first kappa shape index (κ1) is 11.0. The van der Waals surface area contributed by atoms with Crippen LogP contribution in [0.3, 0.4) is 0 Å². The monoisotopic (exact) mass is 250 g/mol. The molecule has 0 aliphatic carbocycles. The van der Waals surface area contributed by atoms with Crippen LogP contribution in [-0.4, -0.2) is 39.6 Å². The second kappa shape index (κ2) is 4.27. The van der Waals surface area contributed by atoms with Crippen LogP contribution < -0.4 is 0 Å². The molecule has 90 valence electrons. The molecule has 0 amide bonds. The lowest BCUT2D eigenvalue weighted by molar-refractivity contribution is 0.251. The van der Waals surface area contributed by atoms with E-state index in [0.29, 0.717) is 11.1 Å². The SMILES string of the molecule is CN1CCC(c2nc3cccc(Cl)n3n2)CC1. The number of hydrogen-bond acceptors (Lipinski definition) is 3. The number of nitrogens with zero attached hydrogens (tertiary/aromatic N) is 4. The molecule has 2 aromatic rings. The van der Waals surface area contributed by atoms with Crippen LogP contribution in [0.2, 0.25) is 5.15 Å². The van der Waals surface area contributed by atoms with Gasteiger partial charge in [-0.3, -0.25) is 0 Å². The normalized spacial score (nSPS) is 18.9. The van der Waals surface area contributed by atoms with Crippen LogP contribution in [0.5, 0.6) is 0 Å². The van der Waals surface area contributed by atoms with Crippen LogP contribution in [0.25, 0.3) is 5.65 Å². The van der Waals surface area contributed by atoms with Crippen LogP contribution >= 0.6 is 11.6 Å². The van der Waals surface area contributed by atoms with Gasteiger partial charge in [0, 0.05) is 5.92 Å². The third-order valence-electron chi connectivity index (χ3n) is 3.41. The van der Waals surface area contributed by atoms with Gasteiger partial charge in [-0.2, -0.15) is 0 Å². The van der Waals surface area contributed by atoms with Gasteiger partial charge in [0.05, 0.1) is 0 Å². The first-order chi connectivity index (χ1) is 8.24. The molecular formula is C12H15ClN4. The first-order valence-electron chi connectivity index (χ1n) is 5.94. The van der Waals surface area contributed by atoms with E-state index in [0.717, 1.165) is 37.4 Å². The summed E-state index contributed by atoms with van der Waals surface area (Å²) < 4.78 is 1.72. The van der Waals surface area contributed by atoms with Gasteiger partial charge in [0.2, 0.25) is 0 Å². The van der Waals surface area contributed by atoms with Crippen LogP contribution in [0.1, 0.15) is 24.6 Å². The second-order valence-electron chi connectivity index (χ2n) is 4.67. The molecule has 0 bridgehead atoms. The van der Waals surface area contributed by atoms with E-state index in [2.05, 4.69) is 22.0 Å². The van der Waals surface area contributed by atoms with E-state index in [1.54, 1.807) is 4.52 Å². The van der Waals surface area contributed by atoms with E-state index >= 15 is 0 Å². The molecule has 2 aromatic heterocycles. The molecule has 1 aliphatic rings. The molecule has 5 heteroatoms. The van der Waals surface area contributed by atoms with Gasteiger partial charge < -0.3 is 4.90 Å². The summed E-state index contributed by atoms with van der Waals surface area (Å²) in [5.74, 6) is 1.41. The number of hydrogen-bond donors (Lipinski definition) is 0. The predicted octanol–water partition coefficient (Wildman–Crippen LogP) is 2.19. The summed E-state index contributed by atoms with van der Waals surface area (Å²) in [6, 6.07) is 5.68. The quantitative estimate of drug-likeness (QED) is 0.728. The molecule has 1 aliphatic heterocycles. The number of rotatable bonds is 1. The van der Waals surface area contributed by atoms with E-state index in [4.69, 9.17) is 11.6 Å². The first-order valence-corrected chi connectivity index (χ1v) is 6.31. The minimum Gasteiger partial charge on any atom is -0.306 e. The second-order valence-corrected chi connectivity index (χ2v) is 5.05. The van der Waals surface area contributed by atoms with Gasteiger partial charge in [-0.15, -0.1) is 5.10 Å². The fourth-order valence-corrected chi connectivity index (χ4v) is 2.53. The molecule has 3 heterocycles. The highest BCUT2D eigenvalue weighted by Gasteiger charge is 2.22. The average molecular weight is 251 g/mol. The zero-order valence-electron chi connectivity index (χ0n) is 9.80. The number of likely N-dealkylation sites (tertiary alicyclic amines) is 1. The molecule has 3 rings (SSSR count). The molecular weight excluding hydrogens is 236 g/mol. The molecule has 1 saturated heterocycles. The zero-order valence-corrected chi connectivity index (χ0v) is 10.6. The molecule has 17 heavy (non-hydrogen) atoms. The van der Waals surface area contributed by atoms with Gasteiger partial charge in [0.15, 0.2) is 11.5 Å². The fraction of sp³-hybridized carbons (Fsp3) is 0.500. The Labute approximate surface area is 105 Å². The van der Waals surface area contributed by atoms with Crippen molar-refractivity contribution in [3.8, 4) is 0 Å². The van der Waals surface area contributed by atoms with Gasteiger partial charge in [0.25, 0.3) is 0 Å². The molecule has 0 radical (unpaired) electrons. The molecule has 0 atom stereocenters. The van der Waals surface area contributed by atoms with Crippen LogP contribution in [0.15, 0.2) is 18.2 Å². The van der Waals surface area contributed by atoms with Gasteiger partial charge in [-0.05, 0) is 45.1 Å². The summed E-state index contributed by atoms with van der Waals surface area (Å²) in [5, 5.41) is 5.14. The molecule has 1 fully saturated rings. The smallest absolute Gasteiger partial charge is 0.157 e. The van der Waals surface area contributed by atoms with Gasteiger partial charge >= 0.3 is 0 Å². The van der Waals surface area contributed by atoms with Gasteiger partial charge in [-0.1, -0.05) is 17.7 Å². The number of halogens is 1. The van der Waals surface area contributed by atoms with Crippen molar-refractivity contribution < 1.29 is 0 Å². The Balaban J connectivity index is 1.93. The molecule has 0 spiro atoms. The third kappa shape index (κ3) is 2.03. The number of pyridine rings is 1. The Bertz CT molecular complexity index is 528. The van der Waals surface area contributed by atoms with Crippen molar-refractivity contribution in [3.05, 3.63) is 29.2 Å². The number of piperidine rings is 1. The van der Waals surface area contributed by atoms with Crippen LogP contribution in [0.4, 0.5) is 0 Å². The maximum atomic E-state index is 6.08. The summed E-state index contributed by atoms with van der Waals surface area (Å²) in [5.41, 5.74) is 0.839. The largest absolute Gasteiger partial charge is 0.306 e. The highest BCUT2D eigenvalue weighted by atomic mass is 35.5. The highest BCUT2D eigenvalue weighted by molar-refractivity contribution is 6.29. The van der Waals surface area contributed by atoms with Gasteiger partial charge in [0.1, 0.15) is 5.15 Å². The lowest BCUT2D eigenvalue weighted by atomic mass is 9.97. The molecule has 0 N–H and O–H groups in total. The Morgan fingerprint density at radius 2 is 2.06 bits per heavy atom. The van der Waals surface area contributed by atoms with Crippen molar-refractivity contribution in [1.82, 2.24) is 19.5 Å². The predicted molar refractivity (Wildman–Crippen MR) is 67.5 cm³/mol. The number of fused-ring (bicyclic) bond motifs is 1. The summed E-state index contributed by atoms with van der Waals surface area (Å²) in [4.78, 5) is 6.92. The van der Waals surface area contributed by atoms with Crippen LogP contribution in [0, 0.1) is 0 Å². The minimum absolute atomic E-state index is 0.474. The Kier molecular flexibility index (Phi) is 2.76. The molecule has 4 nitrogen and oxygen atoms in total. The Morgan fingerprint density at radius 3 is 2.76 bits per heavy atom. The van der Waals surface area contributed by atoms with Crippen molar-refractivity contribution in [2.24, 2.45) is 0 Å². The van der Waals surface area contributed by atoms with E-state index < -0.39 is 0 Å². The third-order valence-corrected chi connectivity index (χ3v) is 3.70. The Morgan fingerprint density at radius 1 is 1.29 bits per heavy atom. The van der Waals surface area contributed by atoms with Crippen molar-refractivity contribution in [2.45, 2.75) is 18.8 Å². The van der Waals surface area contributed by atoms with E-state index in [9.17, 15) is 0 Å². The maximum absolute atomic E-state index is 6.08. The number of aromatic nitrogens is 3. The summed E-state index contributed by atoms with van der Waals surface area (Å²) in [7, 11) is 2.16. The van der Waals surface area contributed by atoms with Crippen molar-refractivity contribution >= 4 is 17.2 Å². The molecule has 0 unspecified atom stereocenters. The maximum Gasteiger partial charge on any atom is 0.157 e. The lowest BCUT2D eigenvalue weighted by Crippen LogP contribution is -2.29. The summed E-state index contributed by atoms with van der Waals surface area (Å²) >= 11 is 6.08. The molecule has 0 saturated carbocycles. The van der Waals surface area contributed by atoms with Crippen LogP contribution in [-0.2, 0) is 0 Å².